The molecule has 1 saturated carbocycles. The van der Waals surface area contributed by atoms with Gasteiger partial charge in [-0.25, -0.2) is 4.39 Å². The van der Waals surface area contributed by atoms with Gasteiger partial charge in [0.1, 0.15) is 0 Å². The van der Waals surface area contributed by atoms with Crippen LogP contribution in [0.2, 0.25) is 0 Å². The fraction of sp³-hybridized carbons (Fsp3) is 0.667. The lowest BCUT2D eigenvalue weighted by Gasteiger charge is -2.27. The monoisotopic (exact) mass is 282 g/mol. The van der Waals surface area contributed by atoms with Crippen LogP contribution < -0.4 is 0 Å². The van der Waals surface area contributed by atoms with Gasteiger partial charge in [-0.2, -0.15) is 30.7 Å². The fourth-order valence-corrected chi connectivity index (χ4v) is 1.45. The van der Waals surface area contributed by atoms with Crippen LogP contribution in [0.5, 0.6) is 0 Å². The Balaban J connectivity index is 3.26. The van der Waals surface area contributed by atoms with Crippen molar-refractivity contribution in [3.8, 4) is 0 Å². The van der Waals surface area contributed by atoms with E-state index < -0.39 is 41.6 Å². The Labute approximate surface area is 95.4 Å². The molecule has 0 radical (unpaired) electrons. The molecule has 0 unspecified atom stereocenters. The predicted molar refractivity (Wildman–Crippen MR) is 42.9 cm³/mol. The number of hydrogen-bond acceptors (Lipinski definition) is 1. The van der Waals surface area contributed by atoms with E-state index in [1.165, 1.54) is 0 Å². The van der Waals surface area contributed by atoms with E-state index in [2.05, 4.69) is 0 Å². The van der Waals surface area contributed by atoms with Crippen molar-refractivity contribution in [3.63, 3.8) is 0 Å². The summed E-state index contributed by atoms with van der Waals surface area (Å²) in [7, 11) is 0. The number of carbonyl (C=O) groups excluding carboxylic acids is 1. The first-order valence-corrected chi connectivity index (χ1v) is 4.67. The van der Waals surface area contributed by atoms with Crippen LogP contribution in [0.25, 0.3) is 0 Å². The summed E-state index contributed by atoms with van der Waals surface area (Å²) in [4.78, 5) is 10.9. The molecule has 0 atom stereocenters. The molecule has 0 aromatic rings. The standard InChI is InChI=1S/C9H6F8O/c10-6(4-2-1-3-5(4)18)7(11,12)8(13,14)9(15,16)17/h1-3H2/b6-4-. The molecule has 1 nitrogen and oxygen atoms in total. The average molecular weight is 282 g/mol. The molecular formula is C9H6F8O. The van der Waals surface area contributed by atoms with Crippen molar-refractivity contribution in [2.45, 2.75) is 37.3 Å². The summed E-state index contributed by atoms with van der Waals surface area (Å²) in [6, 6.07) is 0. The van der Waals surface area contributed by atoms with Gasteiger partial charge < -0.3 is 0 Å². The molecule has 9 heteroatoms. The highest BCUT2D eigenvalue weighted by molar-refractivity contribution is 5.98. The van der Waals surface area contributed by atoms with E-state index in [0.717, 1.165) is 0 Å². The third kappa shape index (κ3) is 2.10. The van der Waals surface area contributed by atoms with Gasteiger partial charge in [0.15, 0.2) is 11.6 Å². The number of hydrogen-bond donors (Lipinski definition) is 0. The van der Waals surface area contributed by atoms with Crippen LogP contribution in [0.1, 0.15) is 19.3 Å². The molecule has 0 N–H and O–H groups in total. The van der Waals surface area contributed by atoms with E-state index in [4.69, 9.17) is 0 Å². The van der Waals surface area contributed by atoms with Crippen molar-refractivity contribution in [3.05, 3.63) is 11.4 Å². The van der Waals surface area contributed by atoms with Crippen molar-refractivity contribution >= 4 is 5.78 Å². The van der Waals surface area contributed by atoms with Crippen LogP contribution in [-0.2, 0) is 4.79 Å². The number of carbonyl (C=O) groups is 1. The zero-order valence-corrected chi connectivity index (χ0v) is 8.55. The maximum absolute atomic E-state index is 13.1. The van der Waals surface area contributed by atoms with Gasteiger partial charge in [0.2, 0.25) is 0 Å². The van der Waals surface area contributed by atoms with Crippen LogP contribution in [0.3, 0.4) is 0 Å². The van der Waals surface area contributed by atoms with Gasteiger partial charge in [-0.15, -0.1) is 0 Å². The molecule has 0 aliphatic heterocycles. The Morgan fingerprint density at radius 2 is 1.44 bits per heavy atom. The Kier molecular flexibility index (Phi) is 3.48. The summed E-state index contributed by atoms with van der Waals surface area (Å²) in [5, 5.41) is 0. The van der Waals surface area contributed by atoms with Crippen molar-refractivity contribution in [2.24, 2.45) is 0 Å². The predicted octanol–water partition coefficient (Wildman–Crippen LogP) is 3.80. The second-order valence-electron chi connectivity index (χ2n) is 3.72. The van der Waals surface area contributed by atoms with E-state index in [1.54, 1.807) is 0 Å². The van der Waals surface area contributed by atoms with Gasteiger partial charge in [-0.1, -0.05) is 0 Å². The van der Waals surface area contributed by atoms with E-state index in [-0.39, 0.29) is 12.8 Å². The Bertz CT molecular complexity index is 392. The number of rotatable bonds is 2. The molecule has 0 aromatic heterocycles. The molecular weight excluding hydrogens is 276 g/mol. The van der Waals surface area contributed by atoms with E-state index in [1.807, 2.05) is 0 Å². The van der Waals surface area contributed by atoms with Crippen molar-refractivity contribution in [1.82, 2.24) is 0 Å². The van der Waals surface area contributed by atoms with Crippen LogP contribution >= 0.6 is 0 Å². The molecule has 0 aromatic carbocycles. The summed E-state index contributed by atoms with van der Waals surface area (Å²) < 4.78 is 99.1. The minimum atomic E-state index is -6.62. The van der Waals surface area contributed by atoms with Crippen molar-refractivity contribution in [2.75, 3.05) is 0 Å². The molecule has 1 aliphatic rings. The van der Waals surface area contributed by atoms with Gasteiger partial charge in [-0.3, -0.25) is 4.79 Å². The van der Waals surface area contributed by atoms with E-state index in [9.17, 15) is 39.9 Å². The number of allylic oxidation sites excluding steroid dienone is 2. The summed E-state index contributed by atoms with van der Waals surface area (Å²) in [5.74, 6) is -16.8. The van der Waals surface area contributed by atoms with Crippen molar-refractivity contribution < 1.29 is 39.9 Å². The molecule has 1 aliphatic carbocycles. The number of alkyl halides is 7. The van der Waals surface area contributed by atoms with Gasteiger partial charge in [0, 0.05) is 12.0 Å². The number of Topliss-reactive ketones (excluding diaryl/α,β-unsaturated/α-hetero) is 1. The minimum absolute atomic E-state index is 0.0603. The second kappa shape index (κ2) is 4.20. The first-order valence-electron chi connectivity index (χ1n) is 4.67. The van der Waals surface area contributed by atoms with Crippen LogP contribution in [0.15, 0.2) is 11.4 Å². The zero-order chi connectivity index (χ0) is 14.4. The SMILES string of the molecule is O=C1CCC/C1=C(/F)C(F)(F)C(F)(F)C(F)(F)F. The van der Waals surface area contributed by atoms with Gasteiger partial charge in [-0.05, 0) is 12.8 Å². The largest absolute Gasteiger partial charge is 0.460 e. The summed E-state index contributed by atoms with van der Waals surface area (Å²) in [5.41, 5.74) is -1.29. The van der Waals surface area contributed by atoms with Crippen LogP contribution in [-0.4, -0.2) is 23.8 Å². The Hall–Kier alpha value is -1.15. The molecule has 0 heterocycles. The third-order valence-corrected chi connectivity index (χ3v) is 2.46. The lowest BCUT2D eigenvalue weighted by Crippen LogP contribution is -2.52. The molecule has 1 fully saturated rings. The van der Waals surface area contributed by atoms with Crippen LogP contribution in [0.4, 0.5) is 35.1 Å². The highest BCUT2D eigenvalue weighted by Gasteiger charge is 2.75. The molecule has 0 spiro atoms. The first-order chi connectivity index (χ1) is 7.93. The minimum Gasteiger partial charge on any atom is -0.294 e. The summed E-state index contributed by atoms with van der Waals surface area (Å²) in [6.07, 6.45) is -7.60. The maximum Gasteiger partial charge on any atom is 0.460 e. The Morgan fingerprint density at radius 1 is 0.944 bits per heavy atom. The van der Waals surface area contributed by atoms with Gasteiger partial charge >= 0.3 is 18.0 Å². The normalized spacial score (nSPS) is 21.4. The maximum atomic E-state index is 13.1. The molecule has 104 valence electrons. The first kappa shape index (κ1) is 14.9. The zero-order valence-electron chi connectivity index (χ0n) is 8.55. The van der Waals surface area contributed by atoms with Gasteiger partial charge in [0.25, 0.3) is 0 Å². The number of ketones is 1. The topological polar surface area (TPSA) is 17.1 Å². The highest BCUT2D eigenvalue weighted by Crippen LogP contribution is 2.51. The quantitative estimate of drug-likeness (QED) is 0.556. The lowest BCUT2D eigenvalue weighted by molar-refractivity contribution is -0.347. The molecule has 1 rings (SSSR count). The molecule has 0 bridgehead atoms. The van der Waals surface area contributed by atoms with E-state index >= 15 is 0 Å². The average Bonchev–Trinajstić information content (AvgIpc) is 2.61. The highest BCUT2D eigenvalue weighted by atomic mass is 19.4. The van der Waals surface area contributed by atoms with Gasteiger partial charge in [0.05, 0.1) is 0 Å². The summed E-state index contributed by atoms with van der Waals surface area (Å²) >= 11 is 0. The number of halogens is 8. The molecule has 18 heavy (non-hydrogen) atoms. The van der Waals surface area contributed by atoms with E-state index in [0.29, 0.717) is 0 Å². The lowest BCUT2D eigenvalue weighted by atomic mass is 10.0. The summed E-state index contributed by atoms with van der Waals surface area (Å²) in [6.45, 7) is 0. The Morgan fingerprint density at radius 3 is 1.78 bits per heavy atom. The fourth-order valence-electron chi connectivity index (χ4n) is 1.45. The smallest absolute Gasteiger partial charge is 0.294 e. The third-order valence-electron chi connectivity index (χ3n) is 2.46. The van der Waals surface area contributed by atoms with Crippen LogP contribution in [0, 0.1) is 0 Å². The van der Waals surface area contributed by atoms with Crippen molar-refractivity contribution in [1.29, 1.82) is 0 Å². The molecule has 0 saturated heterocycles. The molecule has 0 amide bonds. The second-order valence-corrected chi connectivity index (χ2v) is 3.72.